The SMILES string of the molecule is Cl.N[C@@H](CO)c1c(Br)cc(Br)c(O)c1Br. The van der Waals surface area contributed by atoms with Crippen molar-refractivity contribution in [3.8, 4) is 5.75 Å². The number of nitrogens with two attached hydrogens (primary N) is 1. The molecule has 3 nitrogen and oxygen atoms in total. The number of phenols is 1. The zero-order chi connectivity index (χ0) is 10.9. The van der Waals surface area contributed by atoms with Gasteiger partial charge in [-0.1, -0.05) is 15.9 Å². The number of benzene rings is 1. The quantitative estimate of drug-likeness (QED) is 0.681. The molecule has 1 aromatic rings. The normalized spacial score (nSPS) is 12.1. The molecule has 0 heterocycles. The van der Waals surface area contributed by atoms with E-state index >= 15 is 0 Å². The van der Waals surface area contributed by atoms with Gasteiger partial charge in [0.15, 0.2) is 0 Å². The van der Waals surface area contributed by atoms with Crippen LogP contribution in [0.2, 0.25) is 0 Å². The van der Waals surface area contributed by atoms with Gasteiger partial charge in [0.2, 0.25) is 0 Å². The van der Waals surface area contributed by atoms with Crippen LogP contribution in [0.3, 0.4) is 0 Å². The van der Waals surface area contributed by atoms with Crippen LogP contribution in [0.4, 0.5) is 0 Å². The molecule has 0 aromatic heterocycles. The van der Waals surface area contributed by atoms with Crippen molar-refractivity contribution < 1.29 is 10.2 Å². The highest BCUT2D eigenvalue weighted by molar-refractivity contribution is 9.11. The minimum absolute atomic E-state index is 0. The standard InChI is InChI=1S/C8H8Br3NO2.ClH/c9-3-1-4(10)8(14)7(11)6(3)5(12)2-13;/h1,5,13-14H,2,12H2;1H/t5-;/m0./s1. The molecular formula is C8H9Br3ClNO2. The van der Waals surface area contributed by atoms with E-state index in [4.69, 9.17) is 10.8 Å². The third kappa shape index (κ3) is 3.31. The van der Waals surface area contributed by atoms with Crippen molar-refractivity contribution in [3.05, 3.63) is 25.0 Å². The van der Waals surface area contributed by atoms with Gasteiger partial charge in [-0.25, -0.2) is 0 Å². The summed E-state index contributed by atoms with van der Waals surface area (Å²) < 4.78 is 1.78. The molecule has 15 heavy (non-hydrogen) atoms. The fourth-order valence-electron chi connectivity index (χ4n) is 1.03. The lowest BCUT2D eigenvalue weighted by Crippen LogP contribution is -2.15. The largest absolute Gasteiger partial charge is 0.506 e. The van der Waals surface area contributed by atoms with Crippen molar-refractivity contribution in [2.24, 2.45) is 5.73 Å². The van der Waals surface area contributed by atoms with Crippen LogP contribution in [-0.4, -0.2) is 16.8 Å². The summed E-state index contributed by atoms with van der Waals surface area (Å²) in [4.78, 5) is 0. The second kappa shape index (κ2) is 6.42. The van der Waals surface area contributed by atoms with Gasteiger partial charge < -0.3 is 15.9 Å². The number of hydrogen-bond donors (Lipinski definition) is 3. The van der Waals surface area contributed by atoms with E-state index in [1.807, 2.05) is 0 Å². The topological polar surface area (TPSA) is 66.5 Å². The van der Waals surface area contributed by atoms with Crippen LogP contribution in [0.5, 0.6) is 5.75 Å². The van der Waals surface area contributed by atoms with Crippen LogP contribution in [0, 0.1) is 0 Å². The van der Waals surface area contributed by atoms with E-state index < -0.39 is 6.04 Å². The lowest BCUT2D eigenvalue weighted by Gasteiger charge is -2.15. The third-order valence-electron chi connectivity index (χ3n) is 1.75. The van der Waals surface area contributed by atoms with Crippen LogP contribution in [0.25, 0.3) is 0 Å². The first-order valence-electron chi connectivity index (χ1n) is 3.71. The average molecular weight is 426 g/mol. The molecule has 0 unspecified atom stereocenters. The molecule has 0 spiro atoms. The van der Waals surface area contributed by atoms with Gasteiger partial charge in [-0.2, -0.15) is 0 Å². The van der Waals surface area contributed by atoms with Crippen LogP contribution in [0.15, 0.2) is 19.5 Å². The summed E-state index contributed by atoms with van der Waals surface area (Å²) in [6, 6.07) is 1.16. The summed E-state index contributed by atoms with van der Waals surface area (Å²) in [7, 11) is 0. The maximum atomic E-state index is 9.60. The van der Waals surface area contributed by atoms with Crippen molar-refractivity contribution in [2.75, 3.05) is 6.61 Å². The Kier molecular flexibility index (Phi) is 6.70. The van der Waals surface area contributed by atoms with Gasteiger partial charge in [-0.15, -0.1) is 12.4 Å². The van der Waals surface area contributed by atoms with Gasteiger partial charge in [0.1, 0.15) is 5.75 Å². The molecular weight excluding hydrogens is 417 g/mol. The van der Waals surface area contributed by atoms with E-state index in [0.29, 0.717) is 14.5 Å². The number of aliphatic hydroxyl groups excluding tert-OH is 1. The van der Waals surface area contributed by atoms with Crippen LogP contribution < -0.4 is 5.73 Å². The van der Waals surface area contributed by atoms with E-state index in [1.54, 1.807) is 6.07 Å². The smallest absolute Gasteiger partial charge is 0.144 e. The molecule has 1 aromatic carbocycles. The summed E-state index contributed by atoms with van der Waals surface area (Å²) in [5, 5.41) is 18.5. The highest BCUT2D eigenvalue weighted by Gasteiger charge is 2.18. The van der Waals surface area contributed by atoms with Crippen LogP contribution in [-0.2, 0) is 0 Å². The van der Waals surface area contributed by atoms with Gasteiger partial charge in [-0.3, -0.25) is 0 Å². The molecule has 86 valence electrons. The fraction of sp³-hybridized carbons (Fsp3) is 0.250. The highest BCUT2D eigenvalue weighted by Crippen LogP contribution is 2.41. The number of halogens is 4. The van der Waals surface area contributed by atoms with Gasteiger partial charge in [0, 0.05) is 10.0 Å². The van der Waals surface area contributed by atoms with E-state index in [-0.39, 0.29) is 24.8 Å². The minimum atomic E-state index is -0.530. The zero-order valence-corrected chi connectivity index (χ0v) is 13.0. The fourth-order valence-corrected chi connectivity index (χ4v) is 3.73. The summed E-state index contributed by atoms with van der Waals surface area (Å²) in [5.74, 6) is 0.0760. The lowest BCUT2D eigenvalue weighted by atomic mass is 10.1. The van der Waals surface area contributed by atoms with Crippen molar-refractivity contribution in [1.82, 2.24) is 0 Å². The molecule has 0 aliphatic rings. The summed E-state index contributed by atoms with van der Waals surface area (Å²) in [5.41, 5.74) is 6.32. The Labute approximate surface area is 119 Å². The molecule has 0 radical (unpaired) electrons. The average Bonchev–Trinajstić information content (AvgIpc) is 2.14. The first-order chi connectivity index (χ1) is 6.49. The third-order valence-corrected chi connectivity index (χ3v) is 3.81. The van der Waals surface area contributed by atoms with Crippen molar-refractivity contribution in [2.45, 2.75) is 6.04 Å². The molecule has 0 aliphatic heterocycles. The molecule has 4 N–H and O–H groups in total. The van der Waals surface area contributed by atoms with Crippen LogP contribution in [0.1, 0.15) is 11.6 Å². The molecule has 0 fully saturated rings. The molecule has 0 bridgehead atoms. The number of phenolic OH excluding ortho intramolecular Hbond substituents is 1. The molecule has 0 amide bonds. The first-order valence-corrected chi connectivity index (χ1v) is 6.09. The Morgan fingerprint density at radius 1 is 1.27 bits per heavy atom. The zero-order valence-electron chi connectivity index (χ0n) is 7.38. The maximum Gasteiger partial charge on any atom is 0.144 e. The second-order valence-corrected chi connectivity index (χ2v) is 5.21. The Bertz CT molecular complexity index is 362. The van der Waals surface area contributed by atoms with E-state index in [0.717, 1.165) is 4.47 Å². The van der Waals surface area contributed by atoms with E-state index in [2.05, 4.69) is 47.8 Å². The van der Waals surface area contributed by atoms with Crippen molar-refractivity contribution >= 4 is 60.2 Å². The van der Waals surface area contributed by atoms with E-state index in [1.165, 1.54) is 0 Å². The lowest BCUT2D eigenvalue weighted by molar-refractivity contribution is 0.267. The molecule has 0 saturated heterocycles. The minimum Gasteiger partial charge on any atom is -0.506 e. The summed E-state index contributed by atoms with van der Waals surface area (Å²) >= 11 is 9.72. The summed E-state index contributed by atoms with van der Waals surface area (Å²) in [6.07, 6.45) is 0. The molecule has 1 atom stereocenters. The monoisotopic (exact) mass is 423 g/mol. The van der Waals surface area contributed by atoms with Gasteiger partial charge >= 0.3 is 0 Å². The number of rotatable bonds is 2. The Balaban J connectivity index is 0.00000196. The van der Waals surface area contributed by atoms with Gasteiger partial charge in [0.25, 0.3) is 0 Å². The van der Waals surface area contributed by atoms with Gasteiger partial charge in [0.05, 0.1) is 21.6 Å². The molecule has 1 rings (SSSR count). The van der Waals surface area contributed by atoms with Crippen molar-refractivity contribution in [1.29, 1.82) is 0 Å². The maximum absolute atomic E-state index is 9.60. The molecule has 7 heteroatoms. The number of aromatic hydroxyl groups is 1. The second-order valence-electron chi connectivity index (χ2n) is 2.71. The van der Waals surface area contributed by atoms with E-state index in [9.17, 15) is 5.11 Å². The predicted molar refractivity (Wildman–Crippen MR) is 72.5 cm³/mol. The molecule has 0 saturated carbocycles. The Morgan fingerprint density at radius 2 is 1.80 bits per heavy atom. The van der Waals surface area contributed by atoms with Crippen molar-refractivity contribution in [3.63, 3.8) is 0 Å². The van der Waals surface area contributed by atoms with Crippen LogP contribution >= 0.6 is 60.2 Å². The van der Waals surface area contributed by atoms with Gasteiger partial charge in [-0.05, 0) is 37.9 Å². The predicted octanol–water partition coefficient (Wildman–Crippen LogP) is 3.09. The first kappa shape index (κ1) is 15.7. The highest BCUT2D eigenvalue weighted by atomic mass is 79.9. The number of hydrogen-bond acceptors (Lipinski definition) is 3. The summed E-state index contributed by atoms with van der Waals surface area (Å²) in [6.45, 7) is -0.182. The Hall–Kier alpha value is 0.670. The number of aliphatic hydroxyl groups is 1. The molecule has 0 aliphatic carbocycles. The Morgan fingerprint density at radius 3 is 2.27 bits per heavy atom.